The second-order valence-electron chi connectivity index (χ2n) is 7.00. The number of hydrogen-bond acceptors (Lipinski definition) is 3. The molecule has 0 bridgehead atoms. The van der Waals surface area contributed by atoms with Gasteiger partial charge in [-0.3, -0.25) is 14.4 Å². The van der Waals surface area contributed by atoms with E-state index in [1.165, 1.54) is 17.0 Å². The number of benzene rings is 2. The third-order valence-corrected chi connectivity index (χ3v) is 5.17. The number of hydrogen-bond donors (Lipinski definition) is 1. The molecule has 0 saturated carbocycles. The van der Waals surface area contributed by atoms with Crippen molar-refractivity contribution < 1.29 is 18.8 Å². The SMILES string of the molecule is O=C(CN1C(=O)[C@H]2CCCN2C(=O)c2ccccc21)NCc1cccc(F)c1. The van der Waals surface area contributed by atoms with Gasteiger partial charge in [-0.25, -0.2) is 4.39 Å². The molecule has 28 heavy (non-hydrogen) atoms. The van der Waals surface area contributed by atoms with Crippen LogP contribution in [0.2, 0.25) is 0 Å². The molecule has 6 nitrogen and oxygen atoms in total. The molecule has 2 aliphatic rings. The van der Waals surface area contributed by atoms with Gasteiger partial charge in [0.1, 0.15) is 18.4 Å². The first kappa shape index (κ1) is 18.2. The Kier molecular flexibility index (Phi) is 4.81. The third kappa shape index (κ3) is 3.35. The van der Waals surface area contributed by atoms with Crippen LogP contribution in [0.1, 0.15) is 28.8 Å². The molecule has 7 heteroatoms. The van der Waals surface area contributed by atoms with Gasteiger partial charge in [0.25, 0.3) is 5.91 Å². The van der Waals surface area contributed by atoms with Crippen molar-refractivity contribution in [2.75, 3.05) is 18.0 Å². The van der Waals surface area contributed by atoms with Crippen LogP contribution in [0.3, 0.4) is 0 Å². The second-order valence-corrected chi connectivity index (χ2v) is 7.00. The molecule has 0 aliphatic carbocycles. The lowest BCUT2D eigenvalue weighted by Crippen LogP contribution is -2.48. The fraction of sp³-hybridized carbons (Fsp3) is 0.286. The number of halogens is 1. The zero-order valence-corrected chi connectivity index (χ0v) is 15.2. The Labute approximate surface area is 161 Å². The van der Waals surface area contributed by atoms with Crippen LogP contribution in [-0.2, 0) is 16.1 Å². The zero-order chi connectivity index (χ0) is 19.7. The van der Waals surface area contributed by atoms with Gasteiger partial charge in [0.05, 0.1) is 11.3 Å². The monoisotopic (exact) mass is 381 g/mol. The molecule has 2 aliphatic heterocycles. The summed E-state index contributed by atoms with van der Waals surface area (Å²) >= 11 is 0. The fourth-order valence-corrected chi connectivity index (χ4v) is 3.82. The van der Waals surface area contributed by atoms with Gasteiger partial charge in [-0.05, 0) is 42.7 Å². The summed E-state index contributed by atoms with van der Waals surface area (Å²) in [4.78, 5) is 41.5. The smallest absolute Gasteiger partial charge is 0.256 e. The molecule has 2 aromatic rings. The van der Waals surface area contributed by atoms with E-state index in [0.29, 0.717) is 29.8 Å². The van der Waals surface area contributed by atoms with Crippen molar-refractivity contribution in [1.82, 2.24) is 10.2 Å². The van der Waals surface area contributed by atoms with Gasteiger partial charge in [-0.2, -0.15) is 0 Å². The molecule has 1 saturated heterocycles. The Balaban J connectivity index is 1.55. The highest BCUT2D eigenvalue weighted by molar-refractivity contribution is 6.12. The zero-order valence-electron chi connectivity index (χ0n) is 15.2. The van der Waals surface area contributed by atoms with E-state index in [1.54, 1.807) is 41.3 Å². The van der Waals surface area contributed by atoms with E-state index in [9.17, 15) is 18.8 Å². The number of para-hydroxylation sites is 1. The lowest BCUT2D eigenvalue weighted by molar-refractivity contribution is -0.125. The summed E-state index contributed by atoms with van der Waals surface area (Å²) in [5.41, 5.74) is 1.51. The molecule has 1 atom stereocenters. The minimum atomic E-state index is -0.532. The summed E-state index contributed by atoms with van der Waals surface area (Å²) in [6.45, 7) is 0.515. The van der Waals surface area contributed by atoms with Gasteiger partial charge in [0, 0.05) is 13.1 Å². The molecule has 144 valence electrons. The molecular weight excluding hydrogens is 361 g/mol. The largest absolute Gasteiger partial charge is 0.350 e. The van der Waals surface area contributed by atoms with E-state index < -0.39 is 6.04 Å². The van der Waals surface area contributed by atoms with E-state index >= 15 is 0 Å². The van der Waals surface area contributed by atoms with Gasteiger partial charge in [-0.1, -0.05) is 24.3 Å². The Morgan fingerprint density at radius 1 is 1.14 bits per heavy atom. The molecule has 1 N–H and O–H groups in total. The predicted molar refractivity (Wildman–Crippen MR) is 101 cm³/mol. The van der Waals surface area contributed by atoms with Crippen LogP contribution in [0.4, 0.5) is 10.1 Å². The van der Waals surface area contributed by atoms with Crippen LogP contribution in [0.15, 0.2) is 48.5 Å². The third-order valence-electron chi connectivity index (χ3n) is 5.17. The summed E-state index contributed by atoms with van der Waals surface area (Å²) in [6, 6.07) is 12.3. The maximum atomic E-state index is 13.3. The van der Waals surface area contributed by atoms with Gasteiger partial charge >= 0.3 is 0 Å². The molecule has 2 aromatic carbocycles. The van der Waals surface area contributed by atoms with E-state index in [0.717, 1.165) is 6.42 Å². The van der Waals surface area contributed by atoms with Crippen molar-refractivity contribution in [3.05, 3.63) is 65.5 Å². The maximum Gasteiger partial charge on any atom is 0.256 e. The Bertz CT molecular complexity index is 946. The van der Waals surface area contributed by atoms with Crippen molar-refractivity contribution in [2.24, 2.45) is 0 Å². The summed E-state index contributed by atoms with van der Waals surface area (Å²) in [7, 11) is 0. The van der Waals surface area contributed by atoms with Crippen LogP contribution in [0.25, 0.3) is 0 Å². The van der Waals surface area contributed by atoms with Crippen molar-refractivity contribution in [2.45, 2.75) is 25.4 Å². The quantitative estimate of drug-likeness (QED) is 0.882. The summed E-state index contributed by atoms with van der Waals surface area (Å²) < 4.78 is 13.3. The Morgan fingerprint density at radius 2 is 1.96 bits per heavy atom. The molecule has 3 amide bonds. The van der Waals surface area contributed by atoms with Crippen LogP contribution >= 0.6 is 0 Å². The van der Waals surface area contributed by atoms with E-state index in [2.05, 4.69) is 5.32 Å². The van der Waals surface area contributed by atoms with Gasteiger partial charge < -0.3 is 15.1 Å². The second kappa shape index (κ2) is 7.42. The van der Waals surface area contributed by atoms with E-state index in [4.69, 9.17) is 0 Å². The number of amides is 3. The minimum Gasteiger partial charge on any atom is -0.350 e. The standard InChI is InChI=1S/C21H20FN3O3/c22-15-6-3-5-14(11-15)12-23-19(26)13-25-17-8-2-1-7-16(17)20(27)24-10-4-9-18(24)21(25)28/h1-3,5-8,11,18H,4,9-10,12-13H2,(H,23,26)/t18-/m1/s1. The van der Waals surface area contributed by atoms with Gasteiger partial charge in [0.2, 0.25) is 11.8 Å². The first-order chi connectivity index (χ1) is 13.5. The van der Waals surface area contributed by atoms with Crippen molar-refractivity contribution in [3.63, 3.8) is 0 Å². The van der Waals surface area contributed by atoms with Crippen LogP contribution in [-0.4, -0.2) is 41.8 Å². The number of anilines is 1. The molecule has 4 rings (SSSR count). The summed E-state index contributed by atoms with van der Waals surface area (Å²) in [5, 5.41) is 2.72. The molecule has 0 spiro atoms. The van der Waals surface area contributed by atoms with E-state index in [-0.39, 0.29) is 36.6 Å². The highest BCUT2D eigenvalue weighted by atomic mass is 19.1. The average molecular weight is 381 g/mol. The Morgan fingerprint density at radius 3 is 2.79 bits per heavy atom. The minimum absolute atomic E-state index is 0.161. The number of carbonyl (C=O) groups is 3. The van der Waals surface area contributed by atoms with Crippen LogP contribution < -0.4 is 10.2 Å². The molecule has 0 unspecified atom stereocenters. The number of rotatable bonds is 4. The Hall–Kier alpha value is -3.22. The van der Waals surface area contributed by atoms with Crippen molar-refractivity contribution in [3.8, 4) is 0 Å². The van der Waals surface area contributed by atoms with Gasteiger partial charge in [-0.15, -0.1) is 0 Å². The summed E-state index contributed by atoms with van der Waals surface area (Å²) in [5.74, 6) is -1.15. The van der Waals surface area contributed by atoms with Crippen LogP contribution in [0.5, 0.6) is 0 Å². The lowest BCUT2D eigenvalue weighted by Gasteiger charge is -2.25. The normalized spacial score (nSPS) is 18.5. The first-order valence-corrected chi connectivity index (χ1v) is 9.27. The van der Waals surface area contributed by atoms with Gasteiger partial charge in [0.15, 0.2) is 0 Å². The first-order valence-electron chi connectivity index (χ1n) is 9.27. The number of nitrogens with zero attached hydrogens (tertiary/aromatic N) is 2. The lowest BCUT2D eigenvalue weighted by atomic mass is 10.1. The molecule has 0 aromatic heterocycles. The molecular formula is C21H20FN3O3. The molecule has 0 radical (unpaired) electrons. The number of nitrogens with one attached hydrogen (secondary N) is 1. The van der Waals surface area contributed by atoms with E-state index in [1.807, 2.05) is 0 Å². The maximum absolute atomic E-state index is 13.3. The number of fused-ring (bicyclic) bond motifs is 2. The average Bonchev–Trinajstić information content (AvgIpc) is 3.17. The van der Waals surface area contributed by atoms with Crippen LogP contribution in [0, 0.1) is 5.82 Å². The number of carbonyl (C=O) groups excluding carboxylic acids is 3. The summed E-state index contributed by atoms with van der Waals surface area (Å²) in [6.07, 6.45) is 1.36. The highest BCUT2D eigenvalue weighted by Crippen LogP contribution is 2.32. The topological polar surface area (TPSA) is 69.7 Å². The highest BCUT2D eigenvalue weighted by Gasteiger charge is 2.42. The molecule has 1 fully saturated rings. The molecule has 2 heterocycles. The predicted octanol–water partition coefficient (Wildman–Crippen LogP) is 2.09. The van der Waals surface area contributed by atoms with Crippen molar-refractivity contribution >= 4 is 23.4 Å². The van der Waals surface area contributed by atoms with Crippen molar-refractivity contribution in [1.29, 1.82) is 0 Å². The fourth-order valence-electron chi connectivity index (χ4n) is 3.82.